The van der Waals surface area contributed by atoms with Crippen molar-refractivity contribution in [1.82, 2.24) is 0 Å². The summed E-state index contributed by atoms with van der Waals surface area (Å²) < 4.78 is 73.6. The van der Waals surface area contributed by atoms with Crippen molar-refractivity contribution in [1.29, 1.82) is 5.41 Å². The van der Waals surface area contributed by atoms with Gasteiger partial charge in [-0.25, -0.2) is 4.79 Å². The molecule has 178 valence electrons. The molecule has 3 rings (SSSR count). The number of carboxylic acids is 1. The summed E-state index contributed by atoms with van der Waals surface area (Å²) in [6, 6.07) is 4.74. The van der Waals surface area contributed by atoms with Crippen LogP contribution in [0.25, 0.3) is 27.9 Å². The Balaban J connectivity index is 2.78. The van der Waals surface area contributed by atoms with Crippen molar-refractivity contribution in [3.63, 3.8) is 0 Å². The van der Waals surface area contributed by atoms with Gasteiger partial charge < -0.3 is 15.3 Å². The number of nitrogens with two attached hydrogens (primary N) is 1. The predicted octanol–water partition coefficient (Wildman–Crippen LogP) is 2.69. The van der Waals surface area contributed by atoms with Gasteiger partial charge in [0.15, 0.2) is 21.1 Å². The number of hydrogen-bond acceptors (Lipinski definition) is 8. The molecule has 6 N–H and O–H groups in total. The molecule has 0 amide bonds. The second-order valence-corrected chi connectivity index (χ2v) is 9.65. The van der Waals surface area contributed by atoms with Gasteiger partial charge in [-0.05, 0) is 42.8 Å². The van der Waals surface area contributed by atoms with E-state index in [1.54, 1.807) is 0 Å². The third-order valence-electron chi connectivity index (χ3n) is 4.88. The van der Waals surface area contributed by atoms with Crippen molar-refractivity contribution >= 4 is 48.4 Å². The fourth-order valence-corrected chi connectivity index (χ4v) is 5.11. The van der Waals surface area contributed by atoms with E-state index in [9.17, 15) is 35.8 Å². The second-order valence-electron chi connectivity index (χ2n) is 6.93. The Kier molecular flexibility index (Phi) is 6.24. The summed E-state index contributed by atoms with van der Waals surface area (Å²) >= 11 is 0. The normalized spacial score (nSPS) is 13.4. The molecular weight excluding hydrogens is 488 g/mol. The summed E-state index contributed by atoms with van der Waals surface area (Å²) in [7, 11) is -10.1. The summed E-state index contributed by atoms with van der Waals surface area (Å²) in [5, 5.41) is 17.0. The lowest BCUT2D eigenvalue weighted by molar-refractivity contribution is -0.132. The maximum atomic E-state index is 12.1. The average Bonchev–Trinajstić information content (AvgIpc) is 2.70. The number of benzene rings is 2. The van der Waals surface area contributed by atoms with Crippen LogP contribution in [0.2, 0.25) is 0 Å². The van der Waals surface area contributed by atoms with E-state index in [1.807, 2.05) is 0 Å². The summed E-state index contributed by atoms with van der Waals surface area (Å²) in [5.74, 6) is -2.02. The molecule has 34 heavy (non-hydrogen) atoms. The number of rotatable bonds is 6. The summed E-state index contributed by atoms with van der Waals surface area (Å²) in [6.45, 7) is 4.97. The number of allylic oxidation sites excluding steroid dienone is 3. The molecule has 0 unspecified atom stereocenters. The van der Waals surface area contributed by atoms with E-state index >= 15 is 0 Å². The van der Waals surface area contributed by atoms with Crippen LogP contribution in [-0.2, 0) is 25.0 Å². The molecule has 2 aliphatic rings. The summed E-state index contributed by atoms with van der Waals surface area (Å²) in [5.41, 5.74) is 4.33. The molecule has 0 bridgehead atoms. The zero-order valence-electron chi connectivity index (χ0n) is 17.4. The molecule has 1 heterocycles. The fourth-order valence-electron chi connectivity index (χ4n) is 3.63. The van der Waals surface area contributed by atoms with Crippen molar-refractivity contribution in [2.75, 3.05) is 5.73 Å². The summed E-state index contributed by atoms with van der Waals surface area (Å²) in [4.78, 5) is 10.1. The van der Waals surface area contributed by atoms with Crippen LogP contribution in [-0.4, -0.2) is 37.0 Å². The second kappa shape index (κ2) is 8.53. The monoisotopic (exact) mass is 506 g/mol. The van der Waals surface area contributed by atoms with E-state index in [1.165, 1.54) is 37.3 Å². The highest BCUT2D eigenvalue weighted by atomic mass is 32.2. The van der Waals surface area contributed by atoms with Gasteiger partial charge in [0.1, 0.15) is 0 Å². The minimum Gasteiger partial charge on any atom is -0.478 e. The Morgan fingerprint density at radius 1 is 1.09 bits per heavy atom. The lowest BCUT2D eigenvalue weighted by atomic mass is 9.89. The maximum absolute atomic E-state index is 12.1. The van der Waals surface area contributed by atoms with Crippen molar-refractivity contribution in [2.45, 2.75) is 16.7 Å². The van der Waals surface area contributed by atoms with Crippen molar-refractivity contribution in [3.05, 3.63) is 65.6 Å². The number of nitrogens with one attached hydrogen (secondary N) is 1. The minimum atomic E-state index is -5.07. The van der Waals surface area contributed by atoms with Gasteiger partial charge in [-0.2, -0.15) is 16.8 Å². The Morgan fingerprint density at radius 3 is 2.21 bits per heavy atom. The number of aliphatic carboxylic acids is 1. The number of nitrogen functional groups attached to an aromatic ring is 1. The zero-order valence-corrected chi connectivity index (χ0v) is 19.1. The van der Waals surface area contributed by atoms with Gasteiger partial charge in [-0.3, -0.25) is 14.5 Å². The molecule has 13 heteroatoms. The van der Waals surface area contributed by atoms with Crippen LogP contribution in [0.3, 0.4) is 0 Å². The van der Waals surface area contributed by atoms with E-state index in [0.29, 0.717) is 0 Å². The van der Waals surface area contributed by atoms with Crippen LogP contribution in [0.1, 0.15) is 12.5 Å². The summed E-state index contributed by atoms with van der Waals surface area (Å²) in [6.07, 6.45) is 3.75. The highest BCUT2D eigenvalue weighted by Gasteiger charge is 2.32. The van der Waals surface area contributed by atoms with Gasteiger partial charge in [-0.15, -0.1) is 0 Å². The maximum Gasteiger partial charge on any atom is 0.336 e. The number of anilines is 1. The van der Waals surface area contributed by atoms with Crippen LogP contribution in [0.15, 0.2) is 68.9 Å². The van der Waals surface area contributed by atoms with E-state index in [2.05, 4.69) is 6.58 Å². The molecule has 1 aliphatic heterocycles. The lowest BCUT2D eigenvalue weighted by Crippen LogP contribution is -2.17. The Bertz CT molecular complexity index is 1680. The first-order valence-electron chi connectivity index (χ1n) is 9.28. The molecule has 0 saturated heterocycles. The van der Waals surface area contributed by atoms with Crippen LogP contribution in [0, 0.1) is 5.41 Å². The first-order valence-corrected chi connectivity index (χ1v) is 12.2. The number of hydrogen-bond donors (Lipinski definition) is 5. The van der Waals surface area contributed by atoms with Crippen LogP contribution in [0.5, 0.6) is 0 Å². The molecule has 0 atom stereocenters. The van der Waals surface area contributed by atoms with Crippen molar-refractivity contribution in [3.8, 4) is 11.3 Å². The van der Waals surface area contributed by atoms with Gasteiger partial charge >= 0.3 is 5.97 Å². The van der Waals surface area contributed by atoms with Gasteiger partial charge in [0, 0.05) is 16.5 Å². The molecule has 1 aromatic carbocycles. The standard InChI is InChI=1S/C21H18N2O9S2/c1-3-5-11(21(24)25)10(4-2)16-12-6-8-14(22)19(33(26,27)28)17(12)32-18-13(16)7-9-15(23)20(18)34(29,30)31/h3-9,22H,1,23H2,2H3,(H,24,25)(H,26,27,28)(H,29,30,31)/b10-4+,11-5+,22-14?. The average molecular weight is 507 g/mol. The first-order chi connectivity index (χ1) is 15.7. The molecule has 0 radical (unpaired) electrons. The Hall–Kier alpha value is -3.78. The van der Waals surface area contributed by atoms with E-state index in [0.717, 1.165) is 12.1 Å². The Morgan fingerprint density at radius 2 is 1.71 bits per heavy atom. The number of fused-ring (bicyclic) bond motifs is 2. The molecule has 0 saturated carbocycles. The molecule has 11 nitrogen and oxygen atoms in total. The number of carbonyl (C=O) groups is 1. The topological polar surface area (TPSA) is 209 Å². The van der Waals surface area contributed by atoms with Gasteiger partial charge in [0.2, 0.25) is 0 Å². The fraction of sp³-hybridized carbons (Fsp3) is 0.0476. The Labute approximate surface area is 193 Å². The molecule has 0 spiro atoms. The number of carboxylic acid groups (broad SMARTS) is 1. The predicted molar refractivity (Wildman–Crippen MR) is 122 cm³/mol. The minimum absolute atomic E-state index is 0.00303. The van der Waals surface area contributed by atoms with E-state index in [-0.39, 0.29) is 27.7 Å². The third kappa shape index (κ3) is 4.12. The smallest absolute Gasteiger partial charge is 0.336 e. The van der Waals surface area contributed by atoms with Crippen molar-refractivity contribution < 1.29 is 40.3 Å². The molecule has 0 aromatic heterocycles. The zero-order chi connectivity index (χ0) is 25.6. The van der Waals surface area contributed by atoms with E-state index in [4.69, 9.17) is 15.6 Å². The third-order valence-corrected chi connectivity index (χ3v) is 6.73. The quantitative estimate of drug-likeness (QED) is 0.108. The molecular formula is C21H18N2O9S2. The molecule has 1 aliphatic carbocycles. The van der Waals surface area contributed by atoms with Gasteiger partial charge in [0.05, 0.1) is 16.6 Å². The largest absolute Gasteiger partial charge is 0.478 e. The van der Waals surface area contributed by atoms with E-state index < -0.39 is 58.4 Å². The highest BCUT2D eigenvalue weighted by molar-refractivity contribution is 7.86. The lowest BCUT2D eigenvalue weighted by Gasteiger charge is -2.20. The molecule has 0 fully saturated rings. The highest BCUT2D eigenvalue weighted by Crippen LogP contribution is 2.44. The van der Waals surface area contributed by atoms with Crippen LogP contribution < -0.4 is 11.1 Å². The van der Waals surface area contributed by atoms with Crippen LogP contribution >= 0.6 is 0 Å². The van der Waals surface area contributed by atoms with Gasteiger partial charge in [0.25, 0.3) is 20.2 Å². The van der Waals surface area contributed by atoms with Crippen molar-refractivity contribution in [2.24, 2.45) is 0 Å². The van der Waals surface area contributed by atoms with Crippen LogP contribution in [0.4, 0.5) is 5.69 Å². The molecule has 1 aromatic rings. The first kappa shape index (κ1) is 24.9. The van der Waals surface area contributed by atoms with Gasteiger partial charge in [-0.1, -0.05) is 18.7 Å². The SMILES string of the molecule is C=C/C=C(C(=O)O)\C(=C/C)c1c2ccc(=N)c(S(=O)(=O)O)c-2oc2c(S(=O)(=O)O)c(N)ccc12.